The Labute approximate surface area is 122 Å². The molecule has 1 N–H and O–H groups in total. The Morgan fingerprint density at radius 3 is 2.20 bits per heavy atom. The van der Waals surface area contributed by atoms with Crippen LogP contribution >= 0.6 is 0 Å². The maximum atomic E-state index is 13.0. The van der Waals surface area contributed by atoms with Crippen molar-refractivity contribution >= 4 is 11.8 Å². The molecule has 1 saturated carbocycles. The lowest BCUT2D eigenvalue weighted by Gasteiger charge is -2.51. The lowest BCUT2D eigenvalue weighted by atomic mass is 9.81. The molecule has 4 nitrogen and oxygen atoms in total. The van der Waals surface area contributed by atoms with Crippen molar-refractivity contribution in [3.8, 4) is 0 Å². The Morgan fingerprint density at radius 1 is 1.15 bits per heavy atom. The van der Waals surface area contributed by atoms with E-state index in [0.29, 0.717) is 19.3 Å². The molecule has 1 atom stereocenters. The van der Waals surface area contributed by atoms with Crippen molar-refractivity contribution in [3.05, 3.63) is 0 Å². The lowest BCUT2D eigenvalue weighted by Crippen LogP contribution is -2.74. The number of rotatable bonds is 6. The van der Waals surface area contributed by atoms with Crippen LogP contribution in [0.3, 0.4) is 0 Å². The summed E-state index contributed by atoms with van der Waals surface area (Å²) in [5.74, 6) is 0.901. The second kappa shape index (κ2) is 5.38. The molecule has 1 aliphatic heterocycles. The van der Waals surface area contributed by atoms with E-state index in [4.69, 9.17) is 0 Å². The van der Waals surface area contributed by atoms with Crippen molar-refractivity contribution < 1.29 is 9.59 Å². The van der Waals surface area contributed by atoms with E-state index in [1.54, 1.807) is 0 Å². The van der Waals surface area contributed by atoms with Gasteiger partial charge >= 0.3 is 0 Å². The number of amides is 2. The molecule has 0 aromatic heterocycles. The first-order chi connectivity index (χ1) is 9.43. The SMILES string of the molecule is CCC1(CC)NC(=O)C(C)(CC)N(CCC2CC2)C1=O. The molecule has 2 fully saturated rings. The van der Waals surface area contributed by atoms with Gasteiger partial charge in [0.25, 0.3) is 0 Å². The fourth-order valence-corrected chi connectivity index (χ4v) is 3.16. The molecule has 20 heavy (non-hydrogen) atoms. The van der Waals surface area contributed by atoms with Gasteiger partial charge in [-0.05, 0) is 38.5 Å². The first-order valence-electron chi connectivity index (χ1n) is 8.08. The van der Waals surface area contributed by atoms with Gasteiger partial charge in [-0.25, -0.2) is 0 Å². The highest BCUT2D eigenvalue weighted by atomic mass is 16.2. The zero-order valence-corrected chi connectivity index (χ0v) is 13.3. The molecular weight excluding hydrogens is 252 g/mol. The number of piperazine rings is 1. The van der Waals surface area contributed by atoms with Crippen molar-refractivity contribution in [3.63, 3.8) is 0 Å². The van der Waals surface area contributed by atoms with Gasteiger partial charge in [0.05, 0.1) is 0 Å². The molecular formula is C16H28N2O2. The molecule has 1 aliphatic carbocycles. The predicted molar refractivity (Wildman–Crippen MR) is 79.2 cm³/mol. The van der Waals surface area contributed by atoms with Crippen LogP contribution in [0.1, 0.15) is 66.2 Å². The number of carbonyl (C=O) groups excluding carboxylic acids is 2. The zero-order chi connectivity index (χ0) is 15.0. The van der Waals surface area contributed by atoms with Gasteiger partial charge in [-0.1, -0.05) is 33.6 Å². The van der Waals surface area contributed by atoms with Gasteiger partial charge in [0.2, 0.25) is 11.8 Å². The van der Waals surface area contributed by atoms with Gasteiger partial charge in [-0.15, -0.1) is 0 Å². The van der Waals surface area contributed by atoms with Crippen LogP contribution in [-0.4, -0.2) is 34.3 Å². The molecule has 0 bridgehead atoms. The van der Waals surface area contributed by atoms with E-state index < -0.39 is 11.1 Å². The quantitative estimate of drug-likeness (QED) is 0.812. The van der Waals surface area contributed by atoms with Crippen molar-refractivity contribution in [2.75, 3.05) is 6.54 Å². The average molecular weight is 280 g/mol. The molecule has 4 heteroatoms. The maximum absolute atomic E-state index is 13.0. The molecule has 0 aromatic rings. The molecule has 0 radical (unpaired) electrons. The second-order valence-electron chi connectivity index (χ2n) is 6.56. The average Bonchev–Trinajstić information content (AvgIpc) is 3.27. The topological polar surface area (TPSA) is 49.4 Å². The largest absolute Gasteiger partial charge is 0.340 e. The number of hydrogen-bond donors (Lipinski definition) is 1. The summed E-state index contributed by atoms with van der Waals surface area (Å²) >= 11 is 0. The van der Waals surface area contributed by atoms with Gasteiger partial charge < -0.3 is 10.2 Å². The van der Waals surface area contributed by atoms with E-state index >= 15 is 0 Å². The Hall–Kier alpha value is -1.06. The molecule has 0 aromatic carbocycles. The first kappa shape index (κ1) is 15.3. The molecule has 1 saturated heterocycles. The van der Waals surface area contributed by atoms with Gasteiger partial charge in [-0.2, -0.15) is 0 Å². The number of hydrogen-bond acceptors (Lipinski definition) is 2. The normalized spacial score (nSPS) is 29.5. The lowest BCUT2D eigenvalue weighted by molar-refractivity contribution is -0.163. The molecule has 2 aliphatic rings. The van der Waals surface area contributed by atoms with Crippen molar-refractivity contribution in [2.45, 2.75) is 77.3 Å². The first-order valence-corrected chi connectivity index (χ1v) is 8.08. The highest BCUT2D eigenvalue weighted by Gasteiger charge is 2.54. The third-order valence-electron chi connectivity index (χ3n) is 5.45. The van der Waals surface area contributed by atoms with E-state index in [2.05, 4.69) is 5.32 Å². The second-order valence-corrected chi connectivity index (χ2v) is 6.56. The van der Waals surface area contributed by atoms with Crippen LogP contribution in [0.2, 0.25) is 0 Å². The number of carbonyl (C=O) groups is 2. The van der Waals surface area contributed by atoms with Crippen molar-refractivity contribution in [1.82, 2.24) is 10.2 Å². The van der Waals surface area contributed by atoms with Gasteiger partial charge in [0.15, 0.2) is 0 Å². The standard InChI is InChI=1S/C16H28N2O2/c1-5-15(4)13(19)17-16(6-2,7-3)14(20)18(15)11-10-12-8-9-12/h12H,5-11H2,1-4H3,(H,17,19). The summed E-state index contributed by atoms with van der Waals surface area (Å²) in [6.45, 7) is 8.58. The van der Waals surface area contributed by atoms with Gasteiger partial charge in [0.1, 0.15) is 11.1 Å². The van der Waals surface area contributed by atoms with E-state index in [1.165, 1.54) is 12.8 Å². The van der Waals surface area contributed by atoms with Gasteiger partial charge in [-0.3, -0.25) is 9.59 Å². The fourth-order valence-electron chi connectivity index (χ4n) is 3.16. The highest BCUT2D eigenvalue weighted by Crippen LogP contribution is 2.36. The predicted octanol–water partition coefficient (Wildman–Crippen LogP) is 2.47. The van der Waals surface area contributed by atoms with Crippen LogP contribution in [0.25, 0.3) is 0 Å². The highest BCUT2D eigenvalue weighted by molar-refractivity contribution is 6.02. The van der Waals surface area contributed by atoms with Crippen LogP contribution in [0.15, 0.2) is 0 Å². The molecule has 2 amide bonds. The monoisotopic (exact) mass is 280 g/mol. The van der Waals surface area contributed by atoms with Crippen LogP contribution in [-0.2, 0) is 9.59 Å². The minimum absolute atomic E-state index is 0.0131. The van der Waals surface area contributed by atoms with Crippen LogP contribution in [0.4, 0.5) is 0 Å². The Morgan fingerprint density at radius 2 is 1.75 bits per heavy atom. The van der Waals surface area contributed by atoms with E-state index in [-0.39, 0.29) is 11.8 Å². The summed E-state index contributed by atoms with van der Waals surface area (Å²) in [4.78, 5) is 27.4. The maximum Gasteiger partial charge on any atom is 0.249 e. The Kier molecular flexibility index (Phi) is 4.12. The molecule has 2 rings (SSSR count). The smallest absolute Gasteiger partial charge is 0.249 e. The minimum atomic E-state index is -0.685. The van der Waals surface area contributed by atoms with Crippen molar-refractivity contribution in [2.24, 2.45) is 5.92 Å². The van der Waals surface area contributed by atoms with Gasteiger partial charge in [0, 0.05) is 6.54 Å². The number of nitrogens with zero attached hydrogens (tertiary/aromatic N) is 1. The number of nitrogens with one attached hydrogen (secondary N) is 1. The van der Waals surface area contributed by atoms with E-state index in [0.717, 1.165) is 18.9 Å². The summed E-state index contributed by atoms with van der Waals surface area (Å²) in [5.41, 5.74) is -1.37. The third-order valence-corrected chi connectivity index (χ3v) is 5.45. The summed E-state index contributed by atoms with van der Waals surface area (Å²) in [7, 11) is 0. The summed E-state index contributed by atoms with van der Waals surface area (Å²) in [6.07, 6.45) is 5.59. The molecule has 1 heterocycles. The van der Waals surface area contributed by atoms with Crippen molar-refractivity contribution in [1.29, 1.82) is 0 Å². The zero-order valence-electron chi connectivity index (χ0n) is 13.3. The van der Waals surface area contributed by atoms with Crippen LogP contribution in [0.5, 0.6) is 0 Å². The van der Waals surface area contributed by atoms with E-state index in [1.807, 2.05) is 32.6 Å². The third kappa shape index (κ3) is 2.33. The van der Waals surface area contributed by atoms with Crippen LogP contribution in [0, 0.1) is 5.92 Å². The minimum Gasteiger partial charge on any atom is -0.340 e. The molecule has 114 valence electrons. The molecule has 1 unspecified atom stereocenters. The Balaban J connectivity index is 2.27. The summed E-state index contributed by atoms with van der Waals surface area (Å²) in [6, 6.07) is 0. The van der Waals surface area contributed by atoms with E-state index in [9.17, 15) is 9.59 Å². The fraction of sp³-hybridized carbons (Fsp3) is 0.875. The van der Waals surface area contributed by atoms with Crippen LogP contribution < -0.4 is 5.32 Å². The molecule has 0 spiro atoms. The summed E-state index contributed by atoms with van der Waals surface area (Å²) in [5, 5.41) is 3.02. The Bertz CT molecular complexity index is 399. The summed E-state index contributed by atoms with van der Waals surface area (Å²) < 4.78 is 0.